The van der Waals surface area contributed by atoms with E-state index in [1.54, 1.807) is 31.4 Å². The molecule has 1 fully saturated rings. The van der Waals surface area contributed by atoms with Crippen molar-refractivity contribution in [3.8, 4) is 18.1 Å². The summed E-state index contributed by atoms with van der Waals surface area (Å²) in [6.07, 6.45) is 6.41. The summed E-state index contributed by atoms with van der Waals surface area (Å²) in [6.45, 7) is 2.79. The van der Waals surface area contributed by atoms with Crippen molar-refractivity contribution in [1.82, 2.24) is 8.87 Å². The van der Waals surface area contributed by atoms with Crippen molar-refractivity contribution >= 4 is 37.5 Å². The third kappa shape index (κ3) is 4.74. The monoisotopic (exact) mass is 483 g/mol. The Morgan fingerprint density at radius 3 is 2.55 bits per heavy atom. The van der Waals surface area contributed by atoms with Gasteiger partial charge in [-0.05, 0) is 50.1 Å². The molecule has 3 aromatic rings. The highest BCUT2D eigenvalue weighted by molar-refractivity contribution is 7.89. The van der Waals surface area contributed by atoms with Crippen molar-refractivity contribution < 1.29 is 17.9 Å². The van der Waals surface area contributed by atoms with Crippen molar-refractivity contribution in [2.45, 2.75) is 31.2 Å². The fraction of sp³-hybridized carbons (Fsp3) is 0.333. The number of benzene rings is 2. The lowest BCUT2D eigenvalue weighted by molar-refractivity contribution is -0.122. The predicted molar refractivity (Wildman–Crippen MR) is 128 cm³/mol. The van der Waals surface area contributed by atoms with Gasteiger partial charge in [0.15, 0.2) is 4.80 Å². The maximum Gasteiger partial charge on any atom is 0.251 e. The van der Waals surface area contributed by atoms with Crippen LogP contribution in [0.3, 0.4) is 0 Å². The van der Waals surface area contributed by atoms with E-state index in [2.05, 4.69) is 10.9 Å². The molecule has 1 aliphatic heterocycles. The molecular weight excluding hydrogens is 458 g/mol. The summed E-state index contributed by atoms with van der Waals surface area (Å²) in [4.78, 5) is 18.2. The highest BCUT2D eigenvalue weighted by Gasteiger charge is 2.32. The molecule has 33 heavy (non-hydrogen) atoms. The second kappa shape index (κ2) is 9.51. The van der Waals surface area contributed by atoms with E-state index in [0.717, 1.165) is 21.5 Å². The molecule has 1 aliphatic rings. The molecule has 0 atom stereocenters. The molecule has 1 aromatic heterocycles. The van der Waals surface area contributed by atoms with Crippen LogP contribution in [0.4, 0.5) is 0 Å². The molecule has 0 radical (unpaired) electrons. The van der Waals surface area contributed by atoms with Crippen LogP contribution in [-0.4, -0.2) is 43.4 Å². The van der Waals surface area contributed by atoms with E-state index in [1.807, 2.05) is 29.7 Å². The molecule has 0 saturated carbocycles. The Hall–Kier alpha value is -2.93. The smallest absolute Gasteiger partial charge is 0.251 e. The van der Waals surface area contributed by atoms with E-state index >= 15 is 0 Å². The van der Waals surface area contributed by atoms with Crippen molar-refractivity contribution in [2.24, 2.45) is 10.9 Å². The molecule has 1 amide bonds. The van der Waals surface area contributed by atoms with Crippen LogP contribution in [-0.2, 0) is 21.4 Å². The van der Waals surface area contributed by atoms with E-state index in [-0.39, 0.29) is 29.8 Å². The first-order valence-electron chi connectivity index (χ1n) is 10.6. The van der Waals surface area contributed by atoms with Crippen LogP contribution in [0.5, 0.6) is 5.75 Å². The van der Waals surface area contributed by atoms with Gasteiger partial charge in [0.1, 0.15) is 5.75 Å². The Balaban J connectivity index is 1.53. The summed E-state index contributed by atoms with van der Waals surface area (Å²) in [7, 11) is -1.97. The largest absolute Gasteiger partial charge is 0.497 e. The highest BCUT2D eigenvalue weighted by Crippen LogP contribution is 2.26. The van der Waals surface area contributed by atoms with Crippen molar-refractivity contribution in [2.75, 3.05) is 20.2 Å². The van der Waals surface area contributed by atoms with Gasteiger partial charge in [-0.15, -0.1) is 6.42 Å². The zero-order valence-corrected chi connectivity index (χ0v) is 20.2. The second-order valence-electron chi connectivity index (χ2n) is 7.95. The Morgan fingerprint density at radius 1 is 1.21 bits per heavy atom. The van der Waals surface area contributed by atoms with Crippen LogP contribution in [0.15, 0.2) is 52.4 Å². The lowest BCUT2D eigenvalue weighted by atomic mass is 9.98. The van der Waals surface area contributed by atoms with E-state index in [4.69, 9.17) is 11.2 Å². The third-order valence-electron chi connectivity index (χ3n) is 5.81. The van der Waals surface area contributed by atoms with Gasteiger partial charge in [-0.2, -0.15) is 9.30 Å². The molecule has 0 unspecified atom stereocenters. The molecule has 9 heteroatoms. The van der Waals surface area contributed by atoms with Crippen molar-refractivity contribution in [1.29, 1.82) is 0 Å². The van der Waals surface area contributed by atoms with Crippen LogP contribution in [0, 0.1) is 25.2 Å². The van der Waals surface area contributed by atoms with E-state index in [9.17, 15) is 13.2 Å². The summed E-state index contributed by atoms with van der Waals surface area (Å²) in [5.41, 5.74) is 1.89. The molecule has 7 nitrogen and oxygen atoms in total. The zero-order valence-electron chi connectivity index (χ0n) is 18.5. The van der Waals surface area contributed by atoms with Gasteiger partial charge >= 0.3 is 0 Å². The normalized spacial score (nSPS) is 16.1. The fourth-order valence-electron chi connectivity index (χ4n) is 3.90. The van der Waals surface area contributed by atoms with Gasteiger partial charge in [0.2, 0.25) is 10.0 Å². The highest BCUT2D eigenvalue weighted by atomic mass is 32.2. The molecule has 4 rings (SSSR count). The number of amides is 1. The average Bonchev–Trinajstić information content (AvgIpc) is 3.15. The first-order chi connectivity index (χ1) is 15.8. The van der Waals surface area contributed by atoms with Crippen LogP contribution in [0.25, 0.3) is 10.2 Å². The number of aryl methyl sites for hydroxylation is 1. The average molecular weight is 484 g/mol. The molecule has 0 aliphatic carbocycles. The van der Waals surface area contributed by atoms with E-state index < -0.39 is 10.0 Å². The summed E-state index contributed by atoms with van der Waals surface area (Å²) >= 11 is 1.38. The first-order valence-corrected chi connectivity index (χ1v) is 12.9. The van der Waals surface area contributed by atoms with Gasteiger partial charge in [-0.1, -0.05) is 35.0 Å². The molecular formula is C24H25N3O4S2. The number of ether oxygens (including phenoxy) is 1. The lowest BCUT2D eigenvalue weighted by Crippen LogP contribution is -2.40. The molecule has 172 valence electrons. The number of sulfonamides is 1. The Morgan fingerprint density at radius 2 is 1.91 bits per heavy atom. The van der Waals surface area contributed by atoms with Crippen LogP contribution >= 0.6 is 11.3 Å². The Labute approximate surface area is 197 Å². The minimum Gasteiger partial charge on any atom is -0.497 e. The molecule has 2 heterocycles. The second-order valence-corrected chi connectivity index (χ2v) is 10.9. The van der Waals surface area contributed by atoms with Crippen LogP contribution < -0.4 is 9.54 Å². The van der Waals surface area contributed by atoms with Crippen molar-refractivity contribution in [3.63, 3.8) is 0 Å². The number of hydrogen-bond acceptors (Lipinski definition) is 5. The lowest BCUT2D eigenvalue weighted by Gasteiger charge is -2.29. The summed E-state index contributed by atoms with van der Waals surface area (Å²) in [5, 5.41) is 0. The van der Waals surface area contributed by atoms with Gasteiger partial charge in [0, 0.05) is 19.0 Å². The van der Waals surface area contributed by atoms with Gasteiger partial charge in [0.25, 0.3) is 5.91 Å². The minimum absolute atomic E-state index is 0.244. The summed E-state index contributed by atoms with van der Waals surface area (Å²) in [5.74, 6) is 2.77. The number of terminal acetylenes is 1. The number of carbonyl (C=O) groups excluding carboxylic acids is 1. The summed E-state index contributed by atoms with van der Waals surface area (Å²) in [6, 6.07) is 12.5. The van der Waals surface area contributed by atoms with Gasteiger partial charge in [-0.25, -0.2) is 8.42 Å². The molecule has 0 N–H and O–H groups in total. The Kier molecular flexibility index (Phi) is 6.70. The topological polar surface area (TPSA) is 81.0 Å². The number of hydrogen-bond donors (Lipinski definition) is 0. The number of thiazole rings is 1. The quantitative estimate of drug-likeness (QED) is 0.522. The number of nitrogens with zero attached hydrogens (tertiary/aromatic N) is 3. The number of fused-ring (bicyclic) bond motifs is 1. The molecule has 0 bridgehead atoms. The minimum atomic E-state index is -3.57. The van der Waals surface area contributed by atoms with Crippen LogP contribution in [0.1, 0.15) is 18.4 Å². The first kappa shape index (κ1) is 23.2. The molecule has 2 aromatic carbocycles. The number of methoxy groups -OCH3 is 1. The maximum atomic E-state index is 13.0. The number of carbonyl (C=O) groups is 1. The Bertz CT molecular complexity index is 1390. The van der Waals surface area contributed by atoms with Gasteiger partial charge in [0.05, 0.1) is 28.8 Å². The zero-order chi connectivity index (χ0) is 23.6. The number of rotatable bonds is 5. The molecule has 1 saturated heterocycles. The maximum absolute atomic E-state index is 13.0. The fourth-order valence-corrected chi connectivity index (χ4v) is 6.43. The standard InChI is InChI=1S/C24H25N3O4S2/c1-4-13-27-21-10-7-19(31-3)16-22(21)32-24(27)25-23(28)18-11-14-26(15-12-18)33(29,30)20-8-5-17(2)6-9-20/h1,5-10,16,18H,11-15H2,2-3H3. The number of piperidine rings is 1. The molecule has 0 spiro atoms. The van der Waals surface area contributed by atoms with Gasteiger partial charge < -0.3 is 9.30 Å². The third-order valence-corrected chi connectivity index (χ3v) is 8.76. The van der Waals surface area contributed by atoms with Gasteiger partial charge in [-0.3, -0.25) is 4.79 Å². The number of aromatic nitrogens is 1. The van der Waals surface area contributed by atoms with E-state index in [0.29, 0.717) is 24.2 Å². The van der Waals surface area contributed by atoms with E-state index in [1.165, 1.54) is 15.6 Å². The summed E-state index contributed by atoms with van der Waals surface area (Å²) < 4.78 is 35.3. The predicted octanol–water partition coefficient (Wildman–Crippen LogP) is 3.18. The van der Waals surface area contributed by atoms with Crippen LogP contribution in [0.2, 0.25) is 0 Å². The van der Waals surface area contributed by atoms with Crippen molar-refractivity contribution in [3.05, 3.63) is 52.8 Å². The SMILES string of the molecule is C#CCn1c(=NC(=O)C2CCN(S(=O)(=O)c3ccc(C)cc3)CC2)sc2cc(OC)ccc21.